The van der Waals surface area contributed by atoms with Gasteiger partial charge in [0.2, 0.25) is 9.84 Å². The van der Waals surface area contributed by atoms with Gasteiger partial charge in [0, 0.05) is 0 Å². The van der Waals surface area contributed by atoms with Crippen molar-refractivity contribution in [2.75, 3.05) is 0 Å². The average molecular weight is 499 g/mol. The summed E-state index contributed by atoms with van der Waals surface area (Å²) in [6.45, 7) is 4.51. The summed E-state index contributed by atoms with van der Waals surface area (Å²) < 4.78 is 26.1. The number of benzene rings is 2. The maximum absolute atomic E-state index is 13.1. The van der Waals surface area contributed by atoms with E-state index in [1.807, 2.05) is 24.3 Å². The molecule has 0 bridgehead atoms. The van der Waals surface area contributed by atoms with Gasteiger partial charge in [-0.25, -0.2) is 8.42 Å². The molecule has 0 heterocycles. The second kappa shape index (κ2) is 17.8. The predicted octanol–water partition coefficient (Wildman–Crippen LogP) is 9.89. The van der Waals surface area contributed by atoms with E-state index in [2.05, 4.69) is 13.8 Å². The summed E-state index contributed by atoms with van der Waals surface area (Å²) >= 11 is 0. The monoisotopic (exact) mass is 498 g/mol. The minimum absolute atomic E-state index is 0.396. The molecule has 35 heavy (non-hydrogen) atoms. The van der Waals surface area contributed by atoms with E-state index in [4.69, 9.17) is 0 Å². The van der Waals surface area contributed by atoms with Crippen LogP contribution in [0.1, 0.15) is 128 Å². The standard InChI is InChI=1S/C32H50O2S/c1-3-5-7-9-11-13-15-17-19-29-21-25-31(26-22-29)35(33,34)32-27-23-30(24-28-32)20-18-16-14-12-10-8-6-4-2/h21-28H,3-20H2,1-2H3. The van der Waals surface area contributed by atoms with Crippen LogP contribution in [-0.2, 0) is 22.7 Å². The molecule has 0 aromatic heterocycles. The molecule has 2 rings (SSSR count). The molecule has 0 atom stereocenters. The lowest BCUT2D eigenvalue weighted by atomic mass is 10.0. The number of unbranched alkanes of at least 4 members (excludes halogenated alkanes) is 14. The Hall–Kier alpha value is -1.61. The molecule has 196 valence electrons. The summed E-state index contributed by atoms with van der Waals surface area (Å²) in [5, 5.41) is 0. The highest BCUT2D eigenvalue weighted by Gasteiger charge is 2.17. The molecule has 3 heteroatoms. The molecular formula is C32H50O2S. The number of hydrogen-bond acceptors (Lipinski definition) is 2. The molecule has 0 radical (unpaired) electrons. The zero-order valence-electron chi connectivity index (χ0n) is 22.6. The van der Waals surface area contributed by atoms with Crippen LogP contribution in [0.5, 0.6) is 0 Å². The lowest BCUT2D eigenvalue weighted by molar-refractivity contribution is 0.575. The van der Waals surface area contributed by atoms with E-state index in [1.54, 1.807) is 24.3 Å². The molecule has 0 fully saturated rings. The molecular weight excluding hydrogens is 448 g/mol. The number of hydrogen-bond donors (Lipinski definition) is 0. The topological polar surface area (TPSA) is 34.1 Å². The van der Waals surface area contributed by atoms with Crippen molar-refractivity contribution < 1.29 is 8.42 Å². The summed E-state index contributed by atoms with van der Waals surface area (Å²) in [6.07, 6.45) is 23.0. The van der Waals surface area contributed by atoms with E-state index in [0.29, 0.717) is 9.79 Å². The van der Waals surface area contributed by atoms with Gasteiger partial charge in [-0.1, -0.05) is 128 Å². The minimum Gasteiger partial charge on any atom is -0.219 e. The summed E-state index contributed by atoms with van der Waals surface area (Å²) in [5.41, 5.74) is 2.46. The highest BCUT2D eigenvalue weighted by Crippen LogP contribution is 2.23. The van der Waals surface area contributed by atoms with Crippen LogP contribution in [0.2, 0.25) is 0 Å². The van der Waals surface area contributed by atoms with Gasteiger partial charge in [-0.15, -0.1) is 0 Å². The van der Waals surface area contributed by atoms with Crippen LogP contribution in [0, 0.1) is 0 Å². The Morgan fingerprint density at radius 3 is 1.03 bits per heavy atom. The quantitative estimate of drug-likeness (QED) is 0.170. The first-order valence-electron chi connectivity index (χ1n) is 14.5. The fraction of sp³-hybridized carbons (Fsp3) is 0.625. The van der Waals surface area contributed by atoms with Gasteiger partial charge in [0.25, 0.3) is 0 Å². The van der Waals surface area contributed by atoms with Crippen LogP contribution in [0.25, 0.3) is 0 Å². The Morgan fingerprint density at radius 1 is 0.429 bits per heavy atom. The Kier molecular flexibility index (Phi) is 15.0. The molecule has 0 unspecified atom stereocenters. The van der Waals surface area contributed by atoms with E-state index >= 15 is 0 Å². The Bertz CT molecular complexity index is 813. The van der Waals surface area contributed by atoms with Crippen molar-refractivity contribution >= 4 is 9.84 Å². The molecule has 0 aliphatic carbocycles. The van der Waals surface area contributed by atoms with Crippen molar-refractivity contribution in [3.8, 4) is 0 Å². The number of sulfone groups is 1. The van der Waals surface area contributed by atoms with Crippen molar-refractivity contribution in [2.45, 2.75) is 139 Å². The van der Waals surface area contributed by atoms with Gasteiger partial charge in [-0.2, -0.15) is 0 Å². The highest BCUT2D eigenvalue weighted by molar-refractivity contribution is 7.91. The second-order valence-electron chi connectivity index (χ2n) is 10.2. The van der Waals surface area contributed by atoms with Gasteiger partial charge in [-0.05, 0) is 61.1 Å². The van der Waals surface area contributed by atoms with Gasteiger partial charge in [-0.3, -0.25) is 0 Å². The number of rotatable bonds is 20. The molecule has 2 aromatic rings. The van der Waals surface area contributed by atoms with Gasteiger partial charge in [0.1, 0.15) is 0 Å². The molecule has 0 N–H and O–H groups in total. The molecule has 0 saturated carbocycles. The Balaban J connectivity index is 1.72. The van der Waals surface area contributed by atoms with E-state index in [-0.39, 0.29) is 0 Å². The maximum Gasteiger partial charge on any atom is 0.206 e. The zero-order chi connectivity index (χ0) is 25.2. The Labute approximate surface area is 216 Å². The fourth-order valence-electron chi connectivity index (χ4n) is 4.73. The summed E-state index contributed by atoms with van der Waals surface area (Å²) in [7, 11) is -3.45. The average Bonchev–Trinajstić information content (AvgIpc) is 2.88. The van der Waals surface area contributed by atoms with E-state index < -0.39 is 9.84 Å². The smallest absolute Gasteiger partial charge is 0.206 e. The van der Waals surface area contributed by atoms with Crippen LogP contribution in [0.15, 0.2) is 58.3 Å². The van der Waals surface area contributed by atoms with Gasteiger partial charge < -0.3 is 0 Å². The van der Waals surface area contributed by atoms with E-state index in [9.17, 15) is 8.42 Å². The third kappa shape index (κ3) is 11.8. The van der Waals surface area contributed by atoms with Crippen LogP contribution in [-0.4, -0.2) is 8.42 Å². The first-order chi connectivity index (χ1) is 17.1. The minimum atomic E-state index is -3.45. The molecule has 2 nitrogen and oxygen atoms in total. The number of aryl methyl sites for hydroxylation is 2. The van der Waals surface area contributed by atoms with Crippen LogP contribution < -0.4 is 0 Å². The zero-order valence-corrected chi connectivity index (χ0v) is 23.4. The second-order valence-corrected chi connectivity index (χ2v) is 12.2. The van der Waals surface area contributed by atoms with Gasteiger partial charge in [0.15, 0.2) is 0 Å². The molecule has 0 aliphatic rings. The van der Waals surface area contributed by atoms with Crippen molar-refractivity contribution in [2.24, 2.45) is 0 Å². The predicted molar refractivity (Wildman–Crippen MR) is 151 cm³/mol. The van der Waals surface area contributed by atoms with E-state index in [1.165, 1.54) is 114 Å². The fourth-order valence-corrected chi connectivity index (χ4v) is 5.99. The van der Waals surface area contributed by atoms with E-state index in [0.717, 1.165) is 12.8 Å². The van der Waals surface area contributed by atoms with Gasteiger partial charge in [0.05, 0.1) is 9.79 Å². The van der Waals surface area contributed by atoms with Crippen LogP contribution >= 0.6 is 0 Å². The van der Waals surface area contributed by atoms with Crippen molar-refractivity contribution in [1.29, 1.82) is 0 Å². The summed E-state index contributed by atoms with van der Waals surface area (Å²) in [4.78, 5) is 0.793. The summed E-state index contributed by atoms with van der Waals surface area (Å²) in [5.74, 6) is 0. The van der Waals surface area contributed by atoms with Crippen LogP contribution in [0.3, 0.4) is 0 Å². The van der Waals surface area contributed by atoms with Crippen molar-refractivity contribution in [3.63, 3.8) is 0 Å². The lowest BCUT2D eigenvalue weighted by Gasteiger charge is -2.08. The van der Waals surface area contributed by atoms with Gasteiger partial charge >= 0.3 is 0 Å². The first-order valence-corrected chi connectivity index (χ1v) is 16.0. The third-order valence-electron chi connectivity index (χ3n) is 7.11. The summed E-state index contributed by atoms with van der Waals surface area (Å²) in [6, 6.07) is 15.1. The first kappa shape index (κ1) is 29.6. The maximum atomic E-state index is 13.1. The SMILES string of the molecule is CCCCCCCCCCc1ccc(S(=O)(=O)c2ccc(CCCCCCCCCC)cc2)cc1. The van der Waals surface area contributed by atoms with Crippen molar-refractivity contribution in [3.05, 3.63) is 59.7 Å². The normalized spacial score (nSPS) is 11.7. The molecule has 0 spiro atoms. The molecule has 0 amide bonds. The highest BCUT2D eigenvalue weighted by atomic mass is 32.2. The Morgan fingerprint density at radius 2 is 0.714 bits per heavy atom. The molecule has 0 aliphatic heterocycles. The van der Waals surface area contributed by atoms with Crippen molar-refractivity contribution in [1.82, 2.24) is 0 Å². The molecule has 2 aromatic carbocycles. The van der Waals surface area contributed by atoms with Crippen LogP contribution in [0.4, 0.5) is 0 Å². The third-order valence-corrected chi connectivity index (χ3v) is 8.89. The largest absolute Gasteiger partial charge is 0.219 e. The lowest BCUT2D eigenvalue weighted by Crippen LogP contribution is -2.02. The molecule has 0 saturated heterocycles.